The molecule has 2 aliphatic rings. The number of hydrogen-bond acceptors (Lipinski definition) is 2. The van der Waals surface area contributed by atoms with E-state index in [9.17, 15) is 4.79 Å². The Morgan fingerprint density at radius 2 is 1.54 bits per heavy atom. The van der Waals surface area contributed by atoms with Crippen molar-refractivity contribution in [3.05, 3.63) is 34.7 Å². The van der Waals surface area contributed by atoms with Gasteiger partial charge < -0.3 is 4.90 Å². The highest BCUT2D eigenvalue weighted by Crippen LogP contribution is 2.28. The number of para-hydroxylation sites is 2. The Hall–Kier alpha value is -1.55. The Morgan fingerprint density at radius 1 is 0.893 bits per heavy atom. The third-order valence-electron chi connectivity index (χ3n) is 6.98. The van der Waals surface area contributed by atoms with E-state index in [1.165, 1.54) is 51.5 Å². The number of aromatic nitrogens is 2. The molecular weight excluding hydrogens is 346 g/mol. The van der Waals surface area contributed by atoms with E-state index in [0.29, 0.717) is 6.04 Å². The Balaban J connectivity index is 1.44. The second kappa shape index (κ2) is 9.30. The lowest BCUT2D eigenvalue weighted by atomic mass is 9.90. The Morgan fingerprint density at radius 3 is 2.21 bits per heavy atom. The van der Waals surface area contributed by atoms with Gasteiger partial charge in [0, 0.05) is 32.2 Å². The molecule has 1 saturated carbocycles. The second-order valence-electron chi connectivity index (χ2n) is 9.04. The molecule has 2 heterocycles. The first-order valence-corrected chi connectivity index (χ1v) is 11.7. The van der Waals surface area contributed by atoms with Gasteiger partial charge in [-0.1, -0.05) is 51.2 Å². The fourth-order valence-corrected chi connectivity index (χ4v) is 5.47. The largest absolute Gasteiger partial charge is 0.329 e. The first-order chi connectivity index (χ1) is 13.8. The van der Waals surface area contributed by atoms with Gasteiger partial charge in [0.05, 0.1) is 11.0 Å². The molecule has 2 fully saturated rings. The normalized spacial score (nSPS) is 21.0. The van der Waals surface area contributed by atoms with Crippen molar-refractivity contribution in [1.29, 1.82) is 0 Å². The predicted molar refractivity (Wildman–Crippen MR) is 117 cm³/mol. The van der Waals surface area contributed by atoms with Gasteiger partial charge in [-0.2, -0.15) is 0 Å². The number of aryl methyl sites for hydroxylation is 1. The molecule has 1 aromatic carbocycles. The highest BCUT2D eigenvalue weighted by molar-refractivity contribution is 5.76. The lowest BCUT2D eigenvalue weighted by Crippen LogP contribution is -2.40. The average Bonchev–Trinajstić information content (AvgIpc) is 2.97. The van der Waals surface area contributed by atoms with Crippen molar-refractivity contribution < 1.29 is 0 Å². The zero-order valence-electron chi connectivity index (χ0n) is 17.6. The van der Waals surface area contributed by atoms with Crippen molar-refractivity contribution >= 4 is 11.0 Å². The molecule has 1 aliphatic heterocycles. The number of hydrogen-bond donors (Lipinski definition) is 0. The van der Waals surface area contributed by atoms with Crippen molar-refractivity contribution in [2.24, 2.45) is 5.92 Å². The highest BCUT2D eigenvalue weighted by atomic mass is 16.1. The molecule has 0 spiro atoms. The van der Waals surface area contributed by atoms with Crippen molar-refractivity contribution in [2.45, 2.75) is 83.7 Å². The van der Waals surface area contributed by atoms with Crippen LogP contribution in [-0.2, 0) is 6.54 Å². The van der Waals surface area contributed by atoms with Crippen LogP contribution in [0.25, 0.3) is 11.0 Å². The van der Waals surface area contributed by atoms with Crippen LogP contribution in [0.5, 0.6) is 0 Å². The zero-order chi connectivity index (χ0) is 19.3. The molecule has 4 nitrogen and oxygen atoms in total. The molecule has 0 amide bonds. The molecule has 0 N–H and O–H groups in total. The SMILES string of the molecule is CCCn1c(=O)n(C2CCN(CC3CCCCCCC3)CC2)c2ccccc21. The van der Waals surface area contributed by atoms with E-state index in [0.717, 1.165) is 55.8 Å². The summed E-state index contributed by atoms with van der Waals surface area (Å²) in [4.78, 5) is 15.8. The van der Waals surface area contributed by atoms with Gasteiger partial charge in [0.15, 0.2) is 0 Å². The van der Waals surface area contributed by atoms with Gasteiger partial charge in [0.2, 0.25) is 0 Å². The van der Waals surface area contributed by atoms with Crippen LogP contribution in [0, 0.1) is 5.92 Å². The topological polar surface area (TPSA) is 30.2 Å². The zero-order valence-corrected chi connectivity index (χ0v) is 17.6. The molecule has 1 aliphatic carbocycles. The number of imidazole rings is 1. The number of likely N-dealkylation sites (tertiary alicyclic amines) is 1. The van der Waals surface area contributed by atoms with Gasteiger partial charge >= 0.3 is 5.69 Å². The summed E-state index contributed by atoms with van der Waals surface area (Å²) in [7, 11) is 0. The third kappa shape index (κ3) is 4.22. The fourth-order valence-electron chi connectivity index (χ4n) is 5.47. The highest BCUT2D eigenvalue weighted by Gasteiger charge is 2.26. The summed E-state index contributed by atoms with van der Waals surface area (Å²) in [6.45, 7) is 6.51. The lowest BCUT2D eigenvalue weighted by molar-refractivity contribution is 0.151. The summed E-state index contributed by atoms with van der Waals surface area (Å²) >= 11 is 0. The minimum Gasteiger partial charge on any atom is -0.303 e. The summed E-state index contributed by atoms with van der Waals surface area (Å²) < 4.78 is 4.09. The molecule has 154 valence electrons. The first-order valence-electron chi connectivity index (χ1n) is 11.7. The maximum Gasteiger partial charge on any atom is 0.329 e. The molecule has 28 heavy (non-hydrogen) atoms. The van der Waals surface area contributed by atoms with Gasteiger partial charge in [-0.15, -0.1) is 0 Å². The summed E-state index contributed by atoms with van der Waals surface area (Å²) in [5.74, 6) is 0.894. The van der Waals surface area contributed by atoms with Crippen LogP contribution in [0.2, 0.25) is 0 Å². The van der Waals surface area contributed by atoms with Crippen LogP contribution in [-0.4, -0.2) is 33.7 Å². The first kappa shape index (κ1) is 19.8. The summed E-state index contributed by atoms with van der Waals surface area (Å²) in [6, 6.07) is 8.70. The quantitative estimate of drug-likeness (QED) is 0.709. The number of benzene rings is 1. The smallest absolute Gasteiger partial charge is 0.303 e. The minimum absolute atomic E-state index is 0.196. The van der Waals surface area contributed by atoms with Crippen LogP contribution in [0.3, 0.4) is 0 Å². The predicted octanol–water partition coefficient (Wildman–Crippen LogP) is 5.21. The van der Waals surface area contributed by atoms with Gasteiger partial charge in [-0.3, -0.25) is 9.13 Å². The van der Waals surface area contributed by atoms with Crippen LogP contribution in [0.15, 0.2) is 29.1 Å². The maximum atomic E-state index is 13.2. The van der Waals surface area contributed by atoms with Crippen LogP contribution < -0.4 is 5.69 Å². The Labute approximate surface area is 169 Å². The molecule has 1 aromatic heterocycles. The molecule has 0 unspecified atom stereocenters. The number of nitrogens with zero attached hydrogens (tertiary/aromatic N) is 3. The molecule has 1 saturated heterocycles. The van der Waals surface area contributed by atoms with Crippen molar-refractivity contribution in [2.75, 3.05) is 19.6 Å². The maximum absolute atomic E-state index is 13.2. The fraction of sp³-hybridized carbons (Fsp3) is 0.708. The van der Waals surface area contributed by atoms with Crippen molar-refractivity contribution in [3.8, 4) is 0 Å². The van der Waals surface area contributed by atoms with E-state index in [1.54, 1.807) is 0 Å². The van der Waals surface area contributed by atoms with Crippen molar-refractivity contribution in [3.63, 3.8) is 0 Å². The van der Waals surface area contributed by atoms with Crippen LogP contribution >= 0.6 is 0 Å². The number of fused-ring (bicyclic) bond motifs is 1. The number of piperidine rings is 1. The van der Waals surface area contributed by atoms with Gasteiger partial charge in [0.25, 0.3) is 0 Å². The Kier molecular flexibility index (Phi) is 6.56. The lowest BCUT2D eigenvalue weighted by Gasteiger charge is -2.35. The summed E-state index contributed by atoms with van der Waals surface area (Å²) in [5.41, 5.74) is 2.42. The average molecular weight is 384 g/mol. The molecular formula is C24H37N3O. The molecule has 0 bridgehead atoms. The van der Waals surface area contributed by atoms with E-state index in [2.05, 4.69) is 40.7 Å². The van der Waals surface area contributed by atoms with E-state index in [-0.39, 0.29) is 5.69 Å². The van der Waals surface area contributed by atoms with E-state index >= 15 is 0 Å². The second-order valence-corrected chi connectivity index (χ2v) is 9.04. The standard InChI is InChI=1S/C24H37N3O/c1-2-16-26-22-12-8-9-13-23(22)27(24(26)28)21-14-17-25(18-15-21)19-20-10-6-4-3-5-7-11-20/h8-9,12-13,20-21H,2-7,10-11,14-19H2,1H3. The molecule has 0 radical (unpaired) electrons. The van der Waals surface area contributed by atoms with Gasteiger partial charge in [-0.25, -0.2) is 4.79 Å². The monoisotopic (exact) mass is 383 g/mol. The summed E-state index contributed by atoms with van der Waals surface area (Å²) in [6.07, 6.45) is 13.2. The summed E-state index contributed by atoms with van der Waals surface area (Å²) in [5, 5.41) is 0. The molecule has 4 rings (SSSR count). The van der Waals surface area contributed by atoms with E-state index in [1.807, 2.05) is 4.57 Å². The molecule has 4 heteroatoms. The number of rotatable bonds is 5. The van der Waals surface area contributed by atoms with E-state index in [4.69, 9.17) is 0 Å². The minimum atomic E-state index is 0.196. The molecule has 2 aromatic rings. The van der Waals surface area contributed by atoms with Crippen LogP contribution in [0.1, 0.15) is 77.2 Å². The third-order valence-corrected chi connectivity index (χ3v) is 6.98. The van der Waals surface area contributed by atoms with Gasteiger partial charge in [-0.05, 0) is 50.2 Å². The van der Waals surface area contributed by atoms with Gasteiger partial charge in [0.1, 0.15) is 0 Å². The van der Waals surface area contributed by atoms with Crippen molar-refractivity contribution in [1.82, 2.24) is 14.0 Å². The molecule has 0 atom stereocenters. The van der Waals surface area contributed by atoms with Crippen LogP contribution in [0.4, 0.5) is 0 Å². The van der Waals surface area contributed by atoms with E-state index < -0.39 is 0 Å². The Bertz CT molecular complexity index is 805.